The van der Waals surface area contributed by atoms with Crippen LogP contribution in [-0.2, 0) is 6.54 Å². The molecule has 0 aliphatic carbocycles. The van der Waals surface area contributed by atoms with E-state index >= 15 is 0 Å². The number of hydrogen-bond acceptors (Lipinski definition) is 3. The van der Waals surface area contributed by atoms with Gasteiger partial charge in [-0.25, -0.2) is 0 Å². The summed E-state index contributed by atoms with van der Waals surface area (Å²) in [6.45, 7) is 2.90. The van der Waals surface area contributed by atoms with E-state index in [2.05, 4.69) is 15.9 Å². The first-order valence-electron chi connectivity index (χ1n) is 7.46. The number of halogens is 2. The van der Waals surface area contributed by atoms with Crippen molar-refractivity contribution in [1.82, 2.24) is 4.90 Å². The number of rotatable bonds is 6. The van der Waals surface area contributed by atoms with Crippen molar-refractivity contribution in [2.45, 2.75) is 13.5 Å². The summed E-state index contributed by atoms with van der Waals surface area (Å²) in [5.74, 6) is 1.01. The molecule has 0 unspecified atom stereocenters. The van der Waals surface area contributed by atoms with Gasteiger partial charge in [0.25, 0.3) is 5.91 Å². The molecule has 4 nitrogen and oxygen atoms in total. The van der Waals surface area contributed by atoms with Gasteiger partial charge in [0.05, 0.1) is 18.2 Å². The highest BCUT2D eigenvalue weighted by molar-refractivity contribution is 9.10. The van der Waals surface area contributed by atoms with E-state index in [1.807, 2.05) is 31.2 Å². The Morgan fingerprint density at radius 3 is 2.50 bits per heavy atom. The minimum atomic E-state index is -0.105. The van der Waals surface area contributed by atoms with Gasteiger partial charge in [0.2, 0.25) is 0 Å². The third-order valence-electron chi connectivity index (χ3n) is 3.44. The lowest BCUT2D eigenvalue weighted by Gasteiger charge is -2.19. The molecule has 0 aliphatic heterocycles. The van der Waals surface area contributed by atoms with Gasteiger partial charge in [0.1, 0.15) is 0 Å². The number of carbonyl (C=O) groups excluding carboxylic acids is 1. The number of hydrogen-bond donors (Lipinski definition) is 0. The summed E-state index contributed by atoms with van der Waals surface area (Å²) < 4.78 is 11.6. The third-order valence-corrected chi connectivity index (χ3v) is 4.29. The molecule has 1 amide bonds. The molecular weight excluding hydrogens is 394 g/mol. The molecule has 128 valence electrons. The second-order valence-corrected chi connectivity index (χ2v) is 6.50. The van der Waals surface area contributed by atoms with Gasteiger partial charge >= 0.3 is 0 Å². The monoisotopic (exact) mass is 411 g/mol. The van der Waals surface area contributed by atoms with E-state index < -0.39 is 0 Å². The molecule has 2 aromatic rings. The normalized spacial score (nSPS) is 10.4. The lowest BCUT2D eigenvalue weighted by Crippen LogP contribution is -2.26. The maximum absolute atomic E-state index is 12.7. The SMILES string of the molecule is CCOc1c(Br)cc(C(=O)N(C)Cc2ccc(Cl)cc2)cc1OC. The van der Waals surface area contributed by atoms with Crippen LogP contribution in [-0.4, -0.2) is 31.6 Å². The Labute approximate surface area is 155 Å². The zero-order chi connectivity index (χ0) is 17.7. The number of carbonyl (C=O) groups is 1. The van der Waals surface area contributed by atoms with Crippen LogP contribution in [0.3, 0.4) is 0 Å². The average Bonchev–Trinajstić information content (AvgIpc) is 2.57. The van der Waals surface area contributed by atoms with Crippen molar-refractivity contribution < 1.29 is 14.3 Å². The van der Waals surface area contributed by atoms with Gasteiger partial charge in [-0.05, 0) is 52.7 Å². The van der Waals surface area contributed by atoms with Gasteiger partial charge in [-0.15, -0.1) is 0 Å². The molecule has 0 N–H and O–H groups in total. The smallest absolute Gasteiger partial charge is 0.254 e. The Bertz CT molecular complexity index is 719. The molecule has 0 spiro atoms. The fourth-order valence-corrected chi connectivity index (χ4v) is 2.97. The summed E-state index contributed by atoms with van der Waals surface area (Å²) >= 11 is 9.33. The maximum Gasteiger partial charge on any atom is 0.254 e. The molecule has 0 saturated heterocycles. The molecule has 0 saturated carbocycles. The number of amides is 1. The van der Waals surface area contributed by atoms with Crippen molar-refractivity contribution in [3.05, 3.63) is 57.0 Å². The zero-order valence-electron chi connectivity index (χ0n) is 13.8. The van der Waals surface area contributed by atoms with Crippen molar-refractivity contribution in [3.63, 3.8) is 0 Å². The molecule has 24 heavy (non-hydrogen) atoms. The van der Waals surface area contributed by atoms with Crippen LogP contribution in [0.5, 0.6) is 11.5 Å². The maximum atomic E-state index is 12.7. The van der Waals surface area contributed by atoms with Gasteiger partial charge in [-0.1, -0.05) is 23.7 Å². The molecule has 0 fully saturated rings. The topological polar surface area (TPSA) is 38.8 Å². The number of methoxy groups -OCH3 is 1. The molecule has 0 heterocycles. The first-order chi connectivity index (χ1) is 11.5. The van der Waals surface area contributed by atoms with Gasteiger partial charge in [-0.3, -0.25) is 4.79 Å². The Hall–Kier alpha value is -1.72. The summed E-state index contributed by atoms with van der Waals surface area (Å²) in [7, 11) is 3.31. The fourth-order valence-electron chi connectivity index (χ4n) is 2.28. The van der Waals surface area contributed by atoms with Crippen LogP contribution in [0.15, 0.2) is 40.9 Å². The molecule has 6 heteroatoms. The lowest BCUT2D eigenvalue weighted by molar-refractivity contribution is 0.0784. The second-order valence-electron chi connectivity index (χ2n) is 5.21. The highest BCUT2D eigenvalue weighted by atomic mass is 79.9. The van der Waals surface area contributed by atoms with E-state index in [0.29, 0.717) is 39.7 Å². The Morgan fingerprint density at radius 2 is 1.92 bits per heavy atom. The van der Waals surface area contributed by atoms with E-state index in [-0.39, 0.29) is 5.91 Å². The van der Waals surface area contributed by atoms with Crippen LogP contribution < -0.4 is 9.47 Å². The number of ether oxygens (including phenoxy) is 2. The molecule has 0 bridgehead atoms. The predicted molar refractivity (Wildman–Crippen MR) is 99.1 cm³/mol. The summed E-state index contributed by atoms with van der Waals surface area (Å²) in [6.07, 6.45) is 0. The van der Waals surface area contributed by atoms with E-state index in [4.69, 9.17) is 21.1 Å². The number of nitrogens with zero attached hydrogens (tertiary/aromatic N) is 1. The van der Waals surface area contributed by atoms with Crippen LogP contribution in [0.1, 0.15) is 22.8 Å². The lowest BCUT2D eigenvalue weighted by atomic mass is 10.1. The summed E-state index contributed by atoms with van der Waals surface area (Å²) in [5.41, 5.74) is 1.53. The quantitative estimate of drug-likeness (QED) is 0.685. The number of benzene rings is 2. The van der Waals surface area contributed by atoms with Crippen molar-refractivity contribution >= 4 is 33.4 Å². The molecule has 2 aromatic carbocycles. The highest BCUT2D eigenvalue weighted by Crippen LogP contribution is 2.37. The summed E-state index contributed by atoms with van der Waals surface area (Å²) in [5, 5.41) is 0.674. The third kappa shape index (κ3) is 4.42. The van der Waals surface area contributed by atoms with Crippen molar-refractivity contribution in [3.8, 4) is 11.5 Å². The fraction of sp³-hybridized carbons (Fsp3) is 0.278. The minimum absolute atomic E-state index is 0.105. The summed E-state index contributed by atoms with van der Waals surface area (Å²) in [4.78, 5) is 14.3. The molecule has 0 atom stereocenters. The standard InChI is InChI=1S/C18H19BrClNO3/c1-4-24-17-15(19)9-13(10-16(17)23-3)18(22)21(2)11-12-5-7-14(20)8-6-12/h5-10H,4,11H2,1-3H3. The Balaban J connectivity index is 2.22. The van der Waals surface area contributed by atoms with Crippen molar-refractivity contribution in [2.75, 3.05) is 20.8 Å². The first kappa shape index (κ1) is 18.6. The average molecular weight is 413 g/mol. The van der Waals surface area contributed by atoms with Gasteiger partial charge in [0, 0.05) is 24.2 Å². The first-order valence-corrected chi connectivity index (χ1v) is 8.63. The van der Waals surface area contributed by atoms with Crippen molar-refractivity contribution in [1.29, 1.82) is 0 Å². The van der Waals surface area contributed by atoms with Crippen LogP contribution in [0.25, 0.3) is 0 Å². The van der Waals surface area contributed by atoms with Crippen LogP contribution in [0, 0.1) is 0 Å². The van der Waals surface area contributed by atoms with Gasteiger partial charge in [-0.2, -0.15) is 0 Å². The summed E-state index contributed by atoms with van der Waals surface area (Å²) in [6, 6.07) is 10.9. The minimum Gasteiger partial charge on any atom is -0.493 e. The van der Waals surface area contributed by atoms with E-state index in [9.17, 15) is 4.79 Å². The predicted octanol–water partition coefficient (Wildman–Crippen LogP) is 4.78. The van der Waals surface area contributed by atoms with Gasteiger partial charge < -0.3 is 14.4 Å². The highest BCUT2D eigenvalue weighted by Gasteiger charge is 2.18. The Kier molecular flexibility index (Phi) is 6.52. The van der Waals surface area contributed by atoms with E-state index in [1.165, 1.54) is 0 Å². The largest absolute Gasteiger partial charge is 0.493 e. The van der Waals surface area contributed by atoms with E-state index in [1.54, 1.807) is 31.2 Å². The molecule has 2 rings (SSSR count). The molecule has 0 radical (unpaired) electrons. The van der Waals surface area contributed by atoms with Crippen LogP contribution >= 0.6 is 27.5 Å². The van der Waals surface area contributed by atoms with Crippen molar-refractivity contribution in [2.24, 2.45) is 0 Å². The molecule has 0 aliphatic rings. The van der Waals surface area contributed by atoms with Gasteiger partial charge in [0.15, 0.2) is 11.5 Å². The van der Waals surface area contributed by atoms with Crippen LogP contribution in [0.2, 0.25) is 5.02 Å². The zero-order valence-corrected chi connectivity index (χ0v) is 16.1. The molecular formula is C18H19BrClNO3. The van der Waals surface area contributed by atoms with E-state index in [0.717, 1.165) is 5.56 Å². The molecule has 0 aromatic heterocycles. The second kappa shape index (κ2) is 8.40. The Morgan fingerprint density at radius 1 is 1.25 bits per heavy atom. The van der Waals surface area contributed by atoms with Crippen LogP contribution in [0.4, 0.5) is 0 Å².